The largest absolute Gasteiger partial charge is 0.410 e. The van der Waals surface area contributed by atoms with E-state index >= 15 is 0 Å². The Morgan fingerprint density at radius 3 is 3.25 bits per heavy atom. The van der Waals surface area contributed by atoms with Crippen LogP contribution >= 0.6 is 23.1 Å². The van der Waals surface area contributed by atoms with Gasteiger partial charge in [0.1, 0.15) is 0 Å². The lowest BCUT2D eigenvalue weighted by Gasteiger charge is -2.16. The van der Waals surface area contributed by atoms with Crippen molar-refractivity contribution in [2.45, 2.75) is 31.4 Å². The molecular weight excluding hydrogens is 294 g/mol. The molecule has 0 fully saturated rings. The lowest BCUT2D eigenvalue weighted by Crippen LogP contribution is -2.12. The van der Waals surface area contributed by atoms with Crippen LogP contribution in [0.4, 0.5) is 0 Å². The van der Waals surface area contributed by atoms with Gasteiger partial charge in [0.25, 0.3) is 11.1 Å². The number of thioether (sulfide) groups is 1. The summed E-state index contributed by atoms with van der Waals surface area (Å²) in [6.07, 6.45) is 3.51. The second-order valence-corrected chi connectivity index (χ2v) is 7.10. The number of aryl methyl sites for hydroxylation is 1. The first-order chi connectivity index (χ1) is 9.61. The molecule has 2 aromatic rings. The number of carbonyl (C=O) groups is 1. The summed E-state index contributed by atoms with van der Waals surface area (Å²) in [7, 11) is 0. The second kappa shape index (κ2) is 5.57. The number of thiophene rings is 1. The number of carbonyl (C=O) groups excluding carboxylic acids is 1. The lowest BCUT2D eigenvalue weighted by molar-refractivity contribution is -0.115. The zero-order chi connectivity index (χ0) is 14.1. The van der Waals surface area contributed by atoms with Crippen LogP contribution in [0.2, 0.25) is 0 Å². The van der Waals surface area contributed by atoms with Gasteiger partial charge in [-0.15, -0.1) is 21.5 Å². The number of nitrogens with two attached hydrogens (primary N) is 1. The minimum atomic E-state index is -0.393. The molecule has 0 spiro atoms. The molecule has 2 heterocycles. The van der Waals surface area contributed by atoms with Crippen molar-refractivity contribution in [3.63, 3.8) is 0 Å². The molecule has 3 rings (SSSR count). The summed E-state index contributed by atoms with van der Waals surface area (Å²) < 4.78 is 5.57. The molecular formula is C13H15N3O2S2. The fourth-order valence-electron chi connectivity index (χ4n) is 2.31. The maximum Gasteiger partial charge on any atom is 0.277 e. The standard InChI is InChI=1S/C13H15N3O2S2/c1-7-2-3-9-8(4-7)5-10(20-9)12-15-16-13(18-12)19-6-11(14)17/h5,7H,2-4,6H2,1H3,(H2,14,17). The monoisotopic (exact) mass is 309 g/mol. The summed E-state index contributed by atoms with van der Waals surface area (Å²) in [5.41, 5.74) is 6.50. The van der Waals surface area contributed by atoms with E-state index in [1.807, 2.05) is 0 Å². The zero-order valence-corrected chi connectivity index (χ0v) is 12.7. The molecule has 0 aromatic carbocycles. The molecule has 7 heteroatoms. The predicted octanol–water partition coefficient (Wildman–Crippen LogP) is 2.50. The molecule has 1 amide bonds. The topological polar surface area (TPSA) is 82.0 Å². The highest BCUT2D eigenvalue weighted by Gasteiger charge is 2.21. The van der Waals surface area contributed by atoms with Crippen LogP contribution in [-0.2, 0) is 17.6 Å². The minimum absolute atomic E-state index is 0.153. The number of primary amides is 1. The number of aromatic nitrogens is 2. The number of rotatable bonds is 4. The van der Waals surface area contributed by atoms with E-state index in [0.717, 1.165) is 23.6 Å². The van der Waals surface area contributed by atoms with E-state index < -0.39 is 5.91 Å². The predicted molar refractivity (Wildman–Crippen MR) is 78.7 cm³/mol. The van der Waals surface area contributed by atoms with Gasteiger partial charge in [0.05, 0.1) is 10.6 Å². The Morgan fingerprint density at radius 1 is 1.60 bits per heavy atom. The average molecular weight is 309 g/mol. The van der Waals surface area contributed by atoms with Crippen molar-refractivity contribution in [3.05, 3.63) is 16.5 Å². The Kier molecular flexibility index (Phi) is 3.80. The van der Waals surface area contributed by atoms with Crippen LogP contribution in [0.1, 0.15) is 23.8 Å². The second-order valence-electron chi connectivity index (χ2n) is 5.04. The van der Waals surface area contributed by atoms with Crippen molar-refractivity contribution in [2.24, 2.45) is 11.7 Å². The number of fused-ring (bicyclic) bond motifs is 1. The molecule has 1 atom stereocenters. The summed E-state index contributed by atoms with van der Waals surface area (Å²) in [5.74, 6) is 1.04. The molecule has 20 heavy (non-hydrogen) atoms. The van der Waals surface area contributed by atoms with Gasteiger partial charge in [-0.1, -0.05) is 18.7 Å². The van der Waals surface area contributed by atoms with Crippen LogP contribution in [-0.4, -0.2) is 21.9 Å². The maximum atomic E-state index is 10.7. The van der Waals surface area contributed by atoms with Gasteiger partial charge in [0, 0.05) is 4.88 Å². The molecule has 5 nitrogen and oxygen atoms in total. The van der Waals surface area contributed by atoms with E-state index in [-0.39, 0.29) is 5.75 Å². The van der Waals surface area contributed by atoms with E-state index in [9.17, 15) is 4.79 Å². The summed E-state index contributed by atoms with van der Waals surface area (Å²) in [5, 5.41) is 8.37. The summed E-state index contributed by atoms with van der Waals surface area (Å²) >= 11 is 2.90. The average Bonchev–Trinajstić information content (AvgIpc) is 3.01. The van der Waals surface area contributed by atoms with Gasteiger partial charge in [-0.05, 0) is 36.8 Å². The van der Waals surface area contributed by atoms with Crippen molar-refractivity contribution >= 4 is 29.0 Å². The molecule has 2 N–H and O–H groups in total. The quantitative estimate of drug-likeness (QED) is 0.877. The van der Waals surface area contributed by atoms with Gasteiger partial charge in [-0.25, -0.2) is 0 Å². The first-order valence-electron chi connectivity index (χ1n) is 6.48. The van der Waals surface area contributed by atoms with Crippen LogP contribution in [0.15, 0.2) is 15.7 Å². The van der Waals surface area contributed by atoms with Gasteiger partial charge in [0.15, 0.2) is 0 Å². The Labute approximate surface area is 125 Å². The molecule has 1 unspecified atom stereocenters. The Balaban J connectivity index is 1.78. The third-order valence-electron chi connectivity index (χ3n) is 3.28. The van der Waals surface area contributed by atoms with E-state index in [0.29, 0.717) is 11.1 Å². The van der Waals surface area contributed by atoms with E-state index in [1.165, 1.54) is 28.6 Å². The third-order valence-corrected chi connectivity index (χ3v) is 5.35. The van der Waals surface area contributed by atoms with E-state index in [2.05, 4.69) is 23.2 Å². The Morgan fingerprint density at radius 2 is 2.45 bits per heavy atom. The highest BCUT2D eigenvalue weighted by Crippen LogP contribution is 2.37. The van der Waals surface area contributed by atoms with E-state index in [1.54, 1.807) is 11.3 Å². The first-order valence-corrected chi connectivity index (χ1v) is 8.28. The highest BCUT2D eigenvalue weighted by atomic mass is 32.2. The van der Waals surface area contributed by atoms with Crippen molar-refractivity contribution in [1.82, 2.24) is 10.2 Å². The van der Waals surface area contributed by atoms with Crippen LogP contribution in [0, 0.1) is 5.92 Å². The van der Waals surface area contributed by atoms with Gasteiger partial charge in [-0.2, -0.15) is 0 Å². The van der Waals surface area contributed by atoms with Crippen molar-refractivity contribution in [1.29, 1.82) is 0 Å². The van der Waals surface area contributed by atoms with Crippen molar-refractivity contribution in [3.8, 4) is 10.8 Å². The molecule has 106 valence electrons. The number of amides is 1. The fraction of sp³-hybridized carbons (Fsp3) is 0.462. The van der Waals surface area contributed by atoms with E-state index in [4.69, 9.17) is 10.2 Å². The Bertz CT molecular complexity index is 635. The Hall–Kier alpha value is -1.34. The molecule has 0 saturated carbocycles. The number of hydrogen-bond donors (Lipinski definition) is 1. The normalized spacial score (nSPS) is 17.9. The summed E-state index contributed by atoms with van der Waals surface area (Å²) in [4.78, 5) is 13.2. The van der Waals surface area contributed by atoms with Crippen molar-refractivity contribution < 1.29 is 9.21 Å². The van der Waals surface area contributed by atoms with Crippen LogP contribution in [0.25, 0.3) is 10.8 Å². The molecule has 2 aromatic heterocycles. The third kappa shape index (κ3) is 2.88. The summed E-state index contributed by atoms with van der Waals surface area (Å²) in [6.45, 7) is 2.28. The summed E-state index contributed by atoms with van der Waals surface area (Å²) in [6, 6.07) is 2.16. The molecule has 1 aliphatic rings. The molecule has 0 bridgehead atoms. The molecule has 0 aliphatic heterocycles. The van der Waals surface area contributed by atoms with Crippen molar-refractivity contribution in [2.75, 3.05) is 5.75 Å². The fourth-order valence-corrected chi connectivity index (χ4v) is 3.94. The highest BCUT2D eigenvalue weighted by molar-refractivity contribution is 7.99. The first kappa shape index (κ1) is 13.6. The minimum Gasteiger partial charge on any atom is -0.410 e. The maximum absolute atomic E-state index is 10.7. The van der Waals surface area contributed by atoms with Gasteiger partial charge < -0.3 is 10.2 Å². The number of nitrogens with zero attached hydrogens (tertiary/aromatic N) is 2. The van der Waals surface area contributed by atoms with Gasteiger partial charge >= 0.3 is 0 Å². The van der Waals surface area contributed by atoms with Gasteiger partial charge in [-0.3, -0.25) is 4.79 Å². The zero-order valence-electron chi connectivity index (χ0n) is 11.1. The molecule has 1 aliphatic carbocycles. The molecule has 0 radical (unpaired) electrons. The van der Waals surface area contributed by atoms with Crippen LogP contribution in [0.5, 0.6) is 0 Å². The van der Waals surface area contributed by atoms with Crippen LogP contribution < -0.4 is 5.73 Å². The van der Waals surface area contributed by atoms with Crippen LogP contribution in [0.3, 0.4) is 0 Å². The lowest BCUT2D eigenvalue weighted by atomic mass is 9.90. The smallest absolute Gasteiger partial charge is 0.277 e. The SMILES string of the molecule is CC1CCc2sc(-c3nnc(SCC(N)=O)o3)cc2C1. The molecule has 0 saturated heterocycles. The number of hydrogen-bond acceptors (Lipinski definition) is 6. The van der Waals surface area contributed by atoms with Gasteiger partial charge in [0.2, 0.25) is 5.91 Å².